The second kappa shape index (κ2) is 10.2. The molecule has 3 heterocycles. The van der Waals surface area contributed by atoms with Crippen LogP contribution in [0.25, 0.3) is 10.2 Å². The van der Waals surface area contributed by atoms with Crippen LogP contribution in [0.3, 0.4) is 0 Å². The Bertz CT molecular complexity index is 983. The van der Waals surface area contributed by atoms with Crippen LogP contribution in [0, 0.1) is 6.92 Å². The molecule has 1 aromatic carbocycles. The van der Waals surface area contributed by atoms with E-state index in [2.05, 4.69) is 27.9 Å². The zero-order valence-corrected chi connectivity index (χ0v) is 19.2. The molecule has 0 aliphatic carbocycles. The predicted molar refractivity (Wildman–Crippen MR) is 125 cm³/mol. The van der Waals surface area contributed by atoms with Crippen LogP contribution in [0.5, 0.6) is 0 Å². The molecule has 2 aromatic heterocycles. The fourth-order valence-electron chi connectivity index (χ4n) is 3.52. The number of carbonyl (C=O) groups is 1. The lowest BCUT2D eigenvalue weighted by Gasteiger charge is -2.36. The molecule has 1 atom stereocenters. The molecule has 2 N–H and O–H groups in total. The van der Waals surface area contributed by atoms with E-state index >= 15 is 0 Å². The number of fused-ring (bicyclic) bond motifs is 1. The summed E-state index contributed by atoms with van der Waals surface area (Å²) in [6.07, 6.45) is 2.13. The van der Waals surface area contributed by atoms with Gasteiger partial charge in [0.25, 0.3) is 0 Å². The SMILES string of the molecule is CC.Cc1cc2ncnc(N3CCN(C(=O)[C@H](N)Cc4ccc(Cl)cc4)CC3)c2s1. The molecule has 0 radical (unpaired) electrons. The average Bonchev–Trinajstić information content (AvgIpc) is 3.16. The number of anilines is 1. The Morgan fingerprint density at radius 2 is 1.83 bits per heavy atom. The van der Waals surface area contributed by atoms with Crippen molar-refractivity contribution in [1.82, 2.24) is 14.9 Å². The molecule has 1 amide bonds. The average molecular weight is 446 g/mol. The van der Waals surface area contributed by atoms with E-state index in [9.17, 15) is 4.79 Å². The lowest BCUT2D eigenvalue weighted by molar-refractivity contribution is -0.132. The molecular weight excluding hydrogens is 418 g/mol. The smallest absolute Gasteiger partial charge is 0.239 e. The second-order valence-corrected chi connectivity index (χ2v) is 8.71. The summed E-state index contributed by atoms with van der Waals surface area (Å²) >= 11 is 7.63. The van der Waals surface area contributed by atoms with Crippen LogP contribution in [0.4, 0.5) is 5.82 Å². The molecule has 1 saturated heterocycles. The van der Waals surface area contributed by atoms with E-state index in [-0.39, 0.29) is 5.91 Å². The first kappa shape index (κ1) is 22.5. The van der Waals surface area contributed by atoms with Gasteiger partial charge in [0, 0.05) is 36.1 Å². The summed E-state index contributed by atoms with van der Waals surface area (Å²) in [5.74, 6) is 0.954. The maximum atomic E-state index is 12.8. The number of halogens is 1. The van der Waals surface area contributed by atoms with Gasteiger partial charge in [-0.05, 0) is 37.1 Å². The quantitative estimate of drug-likeness (QED) is 0.659. The highest BCUT2D eigenvalue weighted by Crippen LogP contribution is 2.31. The van der Waals surface area contributed by atoms with Crippen LogP contribution in [0.2, 0.25) is 5.02 Å². The number of aromatic nitrogens is 2. The number of rotatable bonds is 4. The molecule has 4 rings (SSSR count). The summed E-state index contributed by atoms with van der Waals surface area (Å²) in [5.41, 5.74) is 8.18. The van der Waals surface area contributed by atoms with Gasteiger partial charge >= 0.3 is 0 Å². The van der Waals surface area contributed by atoms with Crippen molar-refractivity contribution in [2.45, 2.75) is 33.2 Å². The molecule has 30 heavy (non-hydrogen) atoms. The van der Waals surface area contributed by atoms with Gasteiger partial charge in [-0.2, -0.15) is 0 Å². The van der Waals surface area contributed by atoms with E-state index in [0.717, 1.165) is 34.7 Å². The van der Waals surface area contributed by atoms with Crippen molar-refractivity contribution in [3.63, 3.8) is 0 Å². The van der Waals surface area contributed by atoms with Crippen molar-refractivity contribution in [2.75, 3.05) is 31.1 Å². The molecule has 6 nitrogen and oxygen atoms in total. The van der Waals surface area contributed by atoms with Crippen LogP contribution >= 0.6 is 22.9 Å². The third kappa shape index (κ3) is 5.09. The number of hydrogen-bond donors (Lipinski definition) is 1. The van der Waals surface area contributed by atoms with Gasteiger partial charge in [-0.3, -0.25) is 4.79 Å². The summed E-state index contributed by atoms with van der Waals surface area (Å²) in [4.78, 5) is 26.9. The van der Waals surface area contributed by atoms with Crippen molar-refractivity contribution >= 4 is 44.9 Å². The van der Waals surface area contributed by atoms with Gasteiger partial charge in [0.2, 0.25) is 5.91 Å². The van der Waals surface area contributed by atoms with Crippen molar-refractivity contribution in [2.24, 2.45) is 5.73 Å². The van der Waals surface area contributed by atoms with Crippen molar-refractivity contribution < 1.29 is 4.79 Å². The Hall–Kier alpha value is -2.22. The maximum absolute atomic E-state index is 12.8. The first-order valence-corrected chi connectivity index (χ1v) is 11.5. The number of nitrogens with two attached hydrogens (primary N) is 1. The minimum Gasteiger partial charge on any atom is -0.352 e. The van der Waals surface area contributed by atoms with Crippen molar-refractivity contribution in [3.05, 3.63) is 52.1 Å². The van der Waals surface area contributed by atoms with E-state index in [4.69, 9.17) is 17.3 Å². The van der Waals surface area contributed by atoms with Gasteiger partial charge in [-0.25, -0.2) is 9.97 Å². The number of benzene rings is 1. The largest absolute Gasteiger partial charge is 0.352 e. The topological polar surface area (TPSA) is 75.4 Å². The van der Waals surface area contributed by atoms with Crippen molar-refractivity contribution in [1.29, 1.82) is 0 Å². The third-order valence-electron chi connectivity index (χ3n) is 4.99. The maximum Gasteiger partial charge on any atom is 0.239 e. The molecular formula is C22H28ClN5OS. The van der Waals surface area contributed by atoms with E-state index in [1.165, 1.54) is 4.88 Å². The minimum absolute atomic E-state index is 0.00518. The van der Waals surface area contributed by atoms with Gasteiger partial charge in [0.15, 0.2) is 0 Å². The Morgan fingerprint density at radius 3 is 2.50 bits per heavy atom. The van der Waals surface area contributed by atoms with Gasteiger partial charge in [-0.1, -0.05) is 37.6 Å². The lowest BCUT2D eigenvalue weighted by atomic mass is 10.1. The zero-order chi connectivity index (χ0) is 21.7. The fraction of sp³-hybridized carbons (Fsp3) is 0.409. The van der Waals surface area contributed by atoms with Gasteiger partial charge in [-0.15, -0.1) is 11.3 Å². The van der Waals surface area contributed by atoms with Crippen LogP contribution < -0.4 is 10.6 Å². The number of thiophene rings is 1. The Labute approximate surface area is 186 Å². The molecule has 0 bridgehead atoms. The second-order valence-electron chi connectivity index (χ2n) is 7.02. The van der Waals surface area contributed by atoms with Crippen LogP contribution in [-0.2, 0) is 11.2 Å². The number of carbonyl (C=O) groups excluding carboxylic acids is 1. The minimum atomic E-state index is -0.543. The third-order valence-corrected chi connectivity index (χ3v) is 6.28. The van der Waals surface area contributed by atoms with Crippen molar-refractivity contribution in [3.8, 4) is 0 Å². The van der Waals surface area contributed by atoms with E-state index in [0.29, 0.717) is 24.5 Å². The predicted octanol–water partition coefficient (Wildman–Crippen LogP) is 3.90. The molecule has 3 aromatic rings. The van der Waals surface area contributed by atoms with Gasteiger partial charge in [0.05, 0.1) is 16.3 Å². The Morgan fingerprint density at radius 1 is 1.17 bits per heavy atom. The number of amides is 1. The zero-order valence-electron chi connectivity index (χ0n) is 17.6. The highest BCUT2D eigenvalue weighted by Gasteiger charge is 2.27. The number of hydrogen-bond acceptors (Lipinski definition) is 6. The number of nitrogens with zero attached hydrogens (tertiary/aromatic N) is 4. The highest BCUT2D eigenvalue weighted by molar-refractivity contribution is 7.19. The Kier molecular flexibility index (Phi) is 7.64. The molecule has 1 fully saturated rings. The monoisotopic (exact) mass is 445 g/mol. The summed E-state index contributed by atoms with van der Waals surface area (Å²) in [6, 6.07) is 9.01. The molecule has 0 saturated carbocycles. The summed E-state index contributed by atoms with van der Waals surface area (Å²) in [5, 5.41) is 0.680. The number of aryl methyl sites for hydroxylation is 1. The van der Waals surface area contributed by atoms with E-state index in [1.54, 1.807) is 17.7 Å². The first-order chi connectivity index (χ1) is 14.5. The summed E-state index contributed by atoms with van der Waals surface area (Å²) in [7, 11) is 0. The number of piperazine rings is 1. The molecule has 1 aliphatic heterocycles. The van der Waals surface area contributed by atoms with Crippen LogP contribution in [-0.4, -0.2) is 53.0 Å². The normalized spacial score (nSPS) is 15.0. The van der Waals surface area contributed by atoms with Crippen LogP contribution in [0.1, 0.15) is 24.3 Å². The molecule has 160 valence electrons. The highest BCUT2D eigenvalue weighted by atomic mass is 35.5. The van der Waals surface area contributed by atoms with Crippen LogP contribution in [0.15, 0.2) is 36.7 Å². The molecule has 1 aliphatic rings. The summed E-state index contributed by atoms with van der Waals surface area (Å²) < 4.78 is 1.11. The van der Waals surface area contributed by atoms with E-state index < -0.39 is 6.04 Å². The fourth-order valence-corrected chi connectivity index (χ4v) is 4.63. The summed E-state index contributed by atoms with van der Waals surface area (Å²) in [6.45, 7) is 8.84. The standard InChI is InChI=1S/C20H22ClN5OS.C2H6/c1-13-10-17-18(28-13)19(24-12-23-17)25-6-8-26(9-7-25)20(27)16(22)11-14-2-4-15(21)5-3-14;1-2/h2-5,10,12,16H,6-9,11,22H2,1H3;1-2H3/t16-;/m1./s1. The lowest BCUT2D eigenvalue weighted by Crippen LogP contribution is -2.53. The molecule has 8 heteroatoms. The Balaban J connectivity index is 0.00000124. The molecule has 0 spiro atoms. The first-order valence-electron chi connectivity index (χ1n) is 10.3. The van der Waals surface area contributed by atoms with Gasteiger partial charge < -0.3 is 15.5 Å². The molecule has 0 unspecified atom stereocenters. The van der Waals surface area contributed by atoms with E-state index in [1.807, 2.05) is 43.0 Å². The van der Waals surface area contributed by atoms with Gasteiger partial charge in [0.1, 0.15) is 12.1 Å².